The van der Waals surface area contributed by atoms with Gasteiger partial charge in [-0.3, -0.25) is 4.79 Å². The third kappa shape index (κ3) is 4.70. The summed E-state index contributed by atoms with van der Waals surface area (Å²) in [5.74, 6) is -1.19. The van der Waals surface area contributed by atoms with E-state index in [0.717, 1.165) is 5.56 Å². The molecule has 1 unspecified atom stereocenters. The molecule has 0 amide bonds. The van der Waals surface area contributed by atoms with Gasteiger partial charge in [0.15, 0.2) is 11.5 Å². The second-order valence-corrected chi connectivity index (χ2v) is 5.48. The van der Waals surface area contributed by atoms with Crippen molar-refractivity contribution in [1.82, 2.24) is 0 Å². The Hall–Kier alpha value is -3.08. The van der Waals surface area contributed by atoms with Gasteiger partial charge in [-0.1, -0.05) is 37.3 Å². The summed E-state index contributed by atoms with van der Waals surface area (Å²) in [6.45, 7) is 6.70. The van der Waals surface area contributed by atoms with E-state index in [1.54, 1.807) is 44.2 Å². The first-order valence-corrected chi connectivity index (χ1v) is 7.88. The number of carbonyl (C=O) groups excluding carboxylic acids is 2. The van der Waals surface area contributed by atoms with Crippen LogP contribution in [0.5, 0.6) is 5.75 Å². The number of hydrogen-bond donors (Lipinski definition) is 1. The molecule has 0 radical (unpaired) electrons. The van der Waals surface area contributed by atoms with E-state index in [0.29, 0.717) is 23.3 Å². The van der Waals surface area contributed by atoms with Crippen LogP contribution >= 0.6 is 0 Å². The van der Waals surface area contributed by atoms with Crippen LogP contribution in [0.2, 0.25) is 0 Å². The number of aliphatic hydroxyl groups is 1. The Morgan fingerprint density at radius 3 is 2.36 bits per heavy atom. The van der Waals surface area contributed by atoms with Crippen LogP contribution < -0.4 is 4.74 Å². The van der Waals surface area contributed by atoms with E-state index >= 15 is 0 Å². The molecular weight excluding hydrogens is 320 g/mol. The molecule has 0 aliphatic heterocycles. The number of aryl methyl sites for hydroxylation is 1. The highest BCUT2D eigenvalue weighted by Crippen LogP contribution is 2.23. The zero-order chi connectivity index (χ0) is 18.4. The highest BCUT2D eigenvalue weighted by Gasteiger charge is 2.18. The molecule has 0 bridgehead atoms. The van der Waals surface area contributed by atoms with Gasteiger partial charge >= 0.3 is 5.97 Å². The minimum absolute atomic E-state index is 0.0784. The molecular formula is C20H20O5. The summed E-state index contributed by atoms with van der Waals surface area (Å²) in [5.41, 5.74) is 1.89. The summed E-state index contributed by atoms with van der Waals surface area (Å²) in [4.78, 5) is 23.9. The van der Waals surface area contributed by atoms with Gasteiger partial charge in [0, 0.05) is 17.5 Å². The van der Waals surface area contributed by atoms with E-state index < -0.39 is 18.0 Å². The molecule has 1 N–H and O–H groups in total. The number of rotatable bonds is 7. The van der Waals surface area contributed by atoms with Crippen molar-refractivity contribution in [3.8, 4) is 5.75 Å². The number of aliphatic hydroxyl groups excluding tert-OH is 1. The zero-order valence-corrected chi connectivity index (χ0v) is 14.2. The minimum Gasteiger partial charge on any atom is -0.502 e. The molecule has 5 heteroatoms. The van der Waals surface area contributed by atoms with Gasteiger partial charge in [-0.25, -0.2) is 4.79 Å². The predicted octanol–water partition coefficient (Wildman–Crippen LogP) is 3.96. The average molecular weight is 340 g/mol. The van der Waals surface area contributed by atoms with Crippen LogP contribution in [0.15, 0.2) is 60.9 Å². The van der Waals surface area contributed by atoms with Gasteiger partial charge in [-0.15, -0.1) is 0 Å². The second-order valence-electron chi connectivity index (χ2n) is 5.48. The fourth-order valence-electron chi connectivity index (χ4n) is 2.20. The molecule has 1 atom stereocenters. The summed E-state index contributed by atoms with van der Waals surface area (Å²) < 4.78 is 10.6. The Morgan fingerprint density at radius 2 is 1.80 bits per heavy atom. The largest absolute Gasteiger partial charge is 0.502 e. The number of ketones is 1. The van der Waals surface area contributed by atoms with Gasteiger partial charge in [-0.05, 0) is 37.3 Å². The Kier molecular flexibility index (Phi) is 5.95. The highest BCUT2D eigenvalue weighted by atomic mass is 16.7. The molecule has 2 rings (SSSR count). The molecule has 0 saturated carbocycles. The van der Waals surface area contributed by atoms with Crippen molar-refractivity contribution in [2.24, 2.45) is 0 Å². The van der Waals surface area contributed by atoms with Gasteiger partial charge in [0.2, 0.25) is 6.29 Å². The quantitative estimate of drug-likeness (QED) is 0.272. The molecule has 2 aromatic carbocycles. The van der Waals surface area contributed by atoms with E-state index in [4.69, 9.17) is 14.6 Å². The first-order valence-electron chi connectivity index (χ1n) is 7.88. The molecule has 0 aromatic heterocycles. The smallest absolute Gasteiger partial charge is 0.375 e. The average Bonchev–Trinajstić information content (AvgIpc) is 2.62. The number of benzene rings is 2. The van der Waals surface area contributed by atoms with Crippen molar-refractivity contribution >= 4 is 11.8 Å². The Labute approximate surface area is 146 Å². The second kappa shape index (κ2) is 8.15. The minimum atomic E-state index is -0.930. The van der Waals surface area contributed by atoms with Crippen molar-refractivity contribution < 1.29 is 24.2 Å². The van der Waals surface area contributed by atoms with E-state index in [1.807, 2.05) is 18.2 Å². The summed E-state index contributed by atoms with van der Waals surface area (Å²) in [7, 11) is 0. The topological polar surface area (TPSA) is 72.8 Å². The van der Waals surface area contributed by atoms with Gasteiger partial charge < -0.3 is 14.6 Å². The number of ether oxygens (including phenoxy) is 2. The monoisotopic (exact) mass is 340 g/mol. The molecule has 0 saturated heterocycles. The summed E-state index contributed by atoms with van der Waals surface area (Å²) >= 11 is 0. The normalized spacial score (nSPS) is 11.4. The maximum atomic E-state index is 12.5. The lowest BCUT2D eigenvalue weighted by molar-refractivity contribution is -0.162. The lowest BCUT2D eigenvalue weighted by atomic mass is 10.0. The predicted molar refractivity (Wildman–Crippen MR) is 93.6 cm³/mol. The van der Waals surface area contributed by atoms with E-state index in [2.05, 4.69) is 6.58 Å². The standard InChI is InChI=1S/C20H20O5/c1-4-18(25-20(23)14(3)21)24-17-11-10-16(12-13(17)2)19(22)15-8-6-5-7-9-15/h5-12,18,21H,3-4H2,1-2H3. The first kappa shape index (κ1) is 18.3. The van der Waals surface area contributed by atoms with Crippen LogP contribution in [-0.4, -0.2) is 23.1 Å². The van der Waals surface area contributed by atoms with Crippen molar-refractivity contribution in [3.05, 3.63) is 77.6 Å². The maximum Gasteiger partial charge on any atom is 0.375 e. The number of carbonyl (C=O) groups is 2. The SMILES string of the molecule is C=C(O)C(=O)OC(CC)Oc1ccc(C(=O)c2ccccc2)cc1C. The van der Waals surface area contributed by atoms with Crippen LogP contribution in [0, 0.1) is 6.92 Å². The summed E-state index contributed by atoms with van der Waals surface area (Å²) in [6.07, 6.45) is -0.464. The molecule has 0 aliphatic carbocycles. The Balaban J connectivity index is 2.15. The molecule has 130 valence electrons. The number of esters is 1. The first-order chi connectivity index (χ1) is 11.9. The molecule has 0 spiro atoms. The van der Waals surface area contributed by atoms with E-state index in [1.165, 1.54) is 0 Å². The van der Waals surface area contributed by atoms with Crippen LogP contribution in [0.25, 0.3) is 0 Å². The van der Waals surface area contributed by atoms with Crippen LogP contribution in [0.4, 0.5) is 0 Å². The molecule has 25 heavy (non-hydrogen) atoms. The zero-order valence-electron chi connectivity index (χ0n) is 14.2. The summed E-state index contributed by atoms with van der Waals surface area (Å²) in [5, 5.41) is 9.03. The lowest BCUT2D eigenvalue weighted by Crippen LogP contribution is -2.24. The number of hydrogen-bond acceptors (Lipinski definition) is 5. The molecule has 2 aromatic rings. The third-order valence-corrected chi connectivity index (χ3v) is 3.54. The van der Waals surface area contributed by atoms with Gasteiger partial charge in [-0.2, -0.15) is 0 Å². The maximum absolute atomic E-state index is 12.5. The van der Waals surface area contributed by atoms with Crippen molar-refractivity contribution in [2.45, 2.75) is 26.6 Å². The highest BCUT2D eigenvalue weighted by molar-refractivity contribution is 6.09. The molecule has 0 heterocycles. The van der Waals surface area contributed by atoms with Gasteiger partial charge in [0.1, 0.15) is 5.75 Å². The van der Waals surface area contributed by atoms with Crippen molar-refractivity contribution in [1.29, 1.82) is 0 Å². The van der Waals surface area contributed by atoms with Crippen LogP contribution in [-0.2, 0) is 9.53 Å². The Morgan fingerprint density at radius 1 is 1.12 bits per heavy atom. The molecule has 0 aliphatic rings. The fraction of sp³-hybridized carbons (Fsp3) is 0.200. The van der Waals surface area contributed by atoms with Crippen LogP contribution in [0.3, 0.4) is 0 Å². The van der Waals surface area contributed by atoms with Gasteiger partial charge in [0.25, 0.3) is 0 Å². The fourth-order valence-corrected chi connectivity index (χ4v) is 2.20. The van der Waals surface area contributed by atoms with Gasteiger partial charge in [0.05, 0.1) is 0 Å². The lowest BCUT2D eigenvalue weighted by Gasteiger charge is -2.19. The van der Waals surface area contributed by atoms with E-state index in [9.17, 15) is 9.59 Å². The van der Waals surface area contributed by atoms with Crippen molar-refractivity contribution in [2.75, 3.05) is 0 Å². The molecule has 0 fully saturated rings. The van der Waals surface area contributed by atoms with Crippen LogP contribution in [0.1, 0.15) is 34.8 Å². The third-order valence-electron chi connectivity index (χ3n) is 3.54. The van der Waals surface area contributed by atoms with E-state index in [-0.39, 0.29) is 5.78 Å². The summed E-state index contributed by atoms with van der Waals surface area (Å²) in [6, 6.07) is 14.1. The Bertz CT molecular complexity index is 780. The molecule has 5 nitrogen and oxygen atoms in total. The van der Waals surface area contributed by atoms with Crippen molar-refractivity contribution in [3.63, 3.8) is 0 Å².